The second-order valence-electron chi connectivity index (χ2n) is 6.28. The molecule has 20 heavy (non-hydrogen) atoms. The Labute approximate surface area is 125 Å². The maximum absolute atomic E-state index is 12.8. The van der Waals surface area contributed by atoms with Crippen LogP contribution in [0.3, 0.4) is 0 Å². The van der Waals surface area contributed by atoms with Crippen molar-refractivity contribution in [2.24, 2.45) is 11.8 Å². The SMILES string of the molecule is CNC1COCC1C(=O)C1CCOC2(CCSCC2)C1. The summed E-state index contributed by atoms with van der Waals surface area (Å²) in [6.07, 6.45) is 4.04. The fraction of sp³-hybridized carbons (Fsp3) is 0.933. The number of likely N-dealkylation sites (N-methyl/N-ethyl adjacent to an activating group) is 1. The number of hydrogen-bond acceptors (Lipinski definition) is 5. The third-order valence-electron chi connectivity index (χ3n) is 5.12. The fourth-order valence-electron chi connectivity index (χ4n) is 3.78. The van der Waals surface area contributed by atoms with Crippen molar-refractivity contribution in [3.63, 3.8) is 0 Å². The first-order valence-corrected chi connectivity index (χ1v) is 8.90. The molecule has 0 aromatic carbocycles. The molecule has 3 fully saturated rings. The molecule has 0 saturated carbocycles. The second kappa shape index (κ2) is 6.34. The van der Waals surface area contributed by atoms with E-state index in [9.17, 15) is 4.79 Å². The molecule has 3 atom stereocenters. The van der Waals surface area contributed by atoms with E-state index < -0.39 is 0 Å². The van der Waals surface area contributed by atoms with Gasteiger partial charge in [-0.15, -0.1) is 0 Å². The van der Waals surface area contributed by atoms with Crippen LogP contribution >= 0.6 is 11.8 Å². The zero-order chi connectivity index (χ0) is 14.0. The number of carbonyl (C=O) groups is 1. The summed E-state index contributed by atoms with van der Waals surface area (Å²) in [4.78, 5) is 12.8. The topological polar surface area (TPSA) is 47.6 Å². The van der Waals surface area contributed by atoms with E-state index in [1.807, 2.05) is 18.8 Å². The number of ketones is 1. The summed E-state index contributed by atoms with van der Waals surface area (Å²) in [7, 11) is 1.92. The van der Waals surface area contributed by atoms with Crippen molar-refractivity contribution in [1.82, 2.24) is 5.32 Å². The van der Waals surface area contributed by atoms with E-state index in [-0.39, 0.29) is 23.5 Å². The van der Waals surface area contributed by atoms with Gasteiger partial charge in [-0.1, -0.05) is 0 Å². The number of nitrogens with one attached hydrogen (secondary N) is 1. The van der Waals surface area contributed by atoms with E-state index in [1.54, 1.807) is 0 Å². The summed E-state index contributed by atoms with van der Waals surface area (Å²) in [5.74, 6) is 2.97. The molecule has 5 heteroatoms. The third kappa shape index (κ3) is 2.91. The Kier molecular flexibility index (Phi) is 4.70. The molecule has 0 amide bonds. The van der Waals surface area contributed by atoms with Crippen molar-refractivity contribution in [2.45, 2.75) is 37.3 Å². The van der Waals surface area contributed by atoms with Crippen LogP contribution in [0.4, 0.5) is 0 Å². The molecule has 1 spiro atoms. The zero-order valence-corrected chi connectivity index (χ0v) is 13.0. The maximum atomic E-state index is 12.8. The molecule has 0 aromatic heterocycles. The number of rotatable bonds is 3. The van der Waals surface area contributed by atoms with Gasteiger partial charge in [-0.2, -0.15) is 11.8 Å². The smallest absolute Gasteiger partial charge is 0.143 e. The molecular formula is C15H25NO3S. The highest BCUT2D eigenvalue weighted by Gasteiger charge is 2.44. The van der Waals surface area contributed by atoms with Crippen LogP contribution < -0.4 is 5.32 Å². The Morgan fingerprint density at radius 2 is 2.10 bits per heavy atom. The average Bonchev–Trinajstić information content (AvgIpc) is 2.96. The van der Waals surface area contributed by atoms with Gasteiger partial charge in [0.25, 0.3) is 0 Å². The van der Waals surface area contributed by atoms with Crippen LogP contribution in [-0.4, -0.2) is 55.8 Å². The normalized spacial score (nSPS) is 37.1. The molecule has 3 rings (SSSR count). The van der Waals surface area contributed by atoms with Gasteiger partial charge in [0.15, 0.2) is 0 Å². The van der Waals surface area contributed by atoms with E-state index in [0.717, 1.165) is 32.3 Å². The van der Waals surface area contributed by atoms with Gasteiger partial charge in [0.1, 0.15) is 5.78 Å². The summed E-state index contributed by atoms with van der Waals surface area (Å²) in [5, 5.41) is 3.22. The van der Waals surface area contributed by atoms with Gasteiger partial charge < -0.3 is 14.8 Å². The van der Waals surface area contributed by atoms with Crippen molar-refractivity contribution >= 4 is 17.5 Å². The lowest BCUT2D eigenvalue weighted by Gasteiger charge is -2.43. The number of ether oxygens (including phenoxy) is 2. The molecule has 114 valence electrons. The first-order valence-electron chi connectivity index (χ1n) is 7.74. The highest BCUT2D eigenvalue weighted by atomic mass is 32.2. The van der Waals surface area contributed by atoms with E-state index in [1.165, 1.54) is 11.5 Å². The second-order valence-corrected chi connectivity index (χ2v) is 7.50. The highest BCUT2D eigenvalue weighted by molar-refractivity contribution is 7.99. The summed E-state index contributed by atoms with van der Waals surface area (Å²) >= 11 is 2.01. The van der Waals surface area contributed by atoms with Crippen LogP contribution in [0.25, 0.3) is 0 Å². The van der Waals surface area contributed by atoms with Crippen molar-refractivity contribution < 1.29 is 14.3 Å². The number of hydrogen-bond donors (Lipinski definition) is 1. The first-order chi connectivity index (χ1) is 9.74. The van der Waals surface area contributed by atoms with Gasteiger partial charge in [-0.05, 0) is 44.2 Å². The lowest BCUT2D eigenvalue weighted by Crippen LogP contribution is -2.47. The number of thioether (sulfide) groups is 1. The molecule has 0 aliphatic carbocycles. The highest BCUT2D eigenvalue weighted by Crippen LogP contribution is 2.41. The minimum Gasteiger partial charge on any atom is -0.379 e. The zero-order valence-electron chi connectivity index (χ0n) is 12.2. The molecule has 3 heterocycles. The van der Waals surface area contributed by atoms with Gasteiger partial charge in [0.2, 0.25) is 0 Å². The molecule has 3 aliphatic heterocycles. The number of Topliss-reactive ketones (excluding diaryl/α,β-unsaturated/α-hetero) is 1. The monoisotopic (exact) mass is 299 g/mol. The predicted octanol–water partition coefficient (Wildman–Crippen LogP) is 1.48. The summed E-state index contributed by atoms with van der Waals surface area (Å²) in [6, 6.07) is 0.197. The molecule has 0 radical (unpaired) electrons. The van der Waals surface area contributed by atoms with Crippen molar-refractivity contribution in [1.29, 1.82) is 0 Å². The van der Waals surface area contributed by atoms with Crippen molar-refractivity contribution in [3.05, 3.63) is 0 Å². The van der Waals surface area contributed by atoms with Gasteiger partial charge >= 0.3 is 0 Å². The largest absolute Gasteiger partial charge is 0.379 e. The Hall–Kier alpha value is -0.100. The van der Waals surface area contributed by atoms with E-state index >= 15 is 0 Å². The van der Waals surface area contributed by atoms with Gasteiger partial charge in [-0.3, -0.25) is 4.79 Å². The predicted molar refractivity (Wildman–Crippen MR) is 80.1 cm³/mol. The quantitative estimate of drug-likeness (QED) is 0.855. The molecule has 3 saturated heterocycles. The summed E-state index contributed by atoms with van der Waals surface area (Å²) in [5.41, 5.74) is -0.00156. The lowest BCUT2D eigenvalue weighted by molar-refractivity contribution is -0.142. The molecule has 0 aromatic rings. The maximum Gasteiger partial charge on any atom is 0.143 e. The number of carbonyl (C=O) groups excluding carboxylic acids is 1. The van der Waals surface area contributed by atoms with Crippen LogP contribution in [0.1, 0.15) is 25.7 Å². The fourth-order valence-corrected chi connectivity index (χ4v) is 5.02. The molecule has 3 unspecified atom stereocenters. The van der Waals surface area contributed by atoms with Crippen molar-refractivity contribution in [2.75, 3.05) is 38.4 Å². The minimum absolute atomic E-state index is 0.00156. The molecule has 3 aliphatic rings. The standard InChI is InChI=1S/C15H25NO3S/c1-16-13-10-18-9-12(13)14(17)11-2-5-19-15(8-11)3-6-20-7-4-15/h11-13,16H,2-10H2,1H3. The average molecular weight is 299 g/mol. The van der Waals surface area contributed by atoms with Crippen LogP contribution in [0.15, 0.2) is 0 Å². The molecular weight excluding hydrogens is 274 g/mol. The van der Waals surface area contributed by atoms with Crippen LogP contribution in [0.2, 0.25) is 0 Å². The van der Waals surface area contributed by atoms with Gasteiger partial charge in [0, 0.05) is 18.6 Å². The molecule has 1 N–H and O–H groups in total. The van der Waals surface area contributed by atoms with Crippen LogP contribution in [-0.2, 0) is 14.3 Å². The lowest BCUT2D eigenvalue weighted by atomic mass is 9.76. The Morgan fingerprint density at radius 3 is 2.85 bits per heavy atom. The summed E-state index contributed by atoms with van der Waals surface area (Å²) < 4.78 is 11.6. The van der Waals surface area contributed by atoms with E-state index in [4.69, 9.17) is 9.47 Å². The van der Waals surface area contributed by atoms with Crippen molar-refractivity contribution in [3.8, 4) is 0 Å². The van der Waals surface area contributed by atoms with E-state index in [2.05, 4.69) is 5.32 Å². The Morgan fingerprint density at radius 1 is 1.30 bits per heavy atom. The van der Waals surface area contributed by atoms with Gasteiger partial charge in [0.05, 0.1) is 24.7 Å². The Balaban J connectivity index is 1.65. The van der Waals surface area contributed by atoms with Crippen LogP contribution in [0, 0.1) is 11.8 Å². The Bertz CT molecular complexity index is 352. The van der Waals surface area contributed by atoms with Gasteiger partial charge in [-0.25, -0.2) is 0 Å². The van der Waals surface area contributed by atoms with Crippen LogP contribution in [0.5, 0.6) is 0 Å². The molecule has 4 nitrogen and oxygen atoms in total. The minimum atomic E-state index is -0.00156. The summed E-state index contributed by atoms with van der Waals surface area (Å²) in [6.45, 7) is 2.00. The molecule has 0 bridgehead atoms. The van der Waals surface area contributed by atoms with E-state index in [0.29, 0.717) is 19.0 Å². The third-order valence-corrected chi connectivity index (χ3v) is 6.10. The first kappa shape index (κ1) is 14.8.